The average Bonchev–Trinajstić information content (AvgIpc) is 3.34. The van der Waals surface area contributed by atoms with Crippen LogP contribution in [0.4, 0.5) is 5.69 Å². The van der Waals surface area contributed by atoms with Gasteiger partial charge >= 0.3 is 0 Å². The maximum Gasteiger partial charge on any atom is 0.263 e. The van der Waals surface area contributed by atoms with Crippen molar-refractivity contribution in [2.24, 2.45) is 5.92 Å². The second kappa shape index (κ2) is 8.51. The predicted octanol–water partition coefficient (Wildman–Crippen LogP) is 3.48. The SMILES string of the molecule is CC1CCN(c2ccc3c(-c4ncc(C(=O)NCCN(C)C)s4)noc3c2)CC1. The molecule has 1 fully saturated rings. The Morgan fingerprint density at radius 2 is 2.14 bits per heavy atom. The molecule has 29 heavy (non-hydrogen) atoms. The summed E-state index contributed by atoms with van der Waals surface area (Å²) in [5.41, 5.74) is 2.62. The fourth-order valence-electron chi connectivity index (χ4n) is 3.51. The van der Waals surface area contributed by atoms with Gasteiger partial charge in [0.2, 0.25) is 0 Å². The molecule has 1 aliphatic heterocycles. The molecular weight excluding hydrogens is 386 g/mol. The standard InChI is InChI=1S/C21H27N5O2S/c1-14-6-9-26(10-7-14)15-4-5-16-17(12-15)28-24-19(16)21-23-13-18(29-21)20(27)22-8-11-25(2)3/h4-5,12-14H,6-11H2,1-3H3,(H,22,27). The van der Waals surface area contributed by atoms with Gasteiger partial charge in [-0.05, 0) is 45.0 Å². The molecule has 0 atom stereocenters. The molecule has 0 saturated carbocycles. The molecular formula is C21H27N5O2S. The number of carbonyl (C=O) groups is 1. The number of benzene rings is 1. The number of amides is 1. The third-order valence-corrected chi connectivity index (χ3v) is 6.38. The van der Waals surface area contributed by atoms with Crippen LogP contribution in [0.1, 0.15) is 29.4 Å². The number of nitrogens with one attached hydrogen (secondary N) is 1. The van der Waals surface area contributed by atoms with Crippen molar-refractivity contribution in [1.29, 1.82) is 0 Å². The minimum absolute atomic E-state index is 0.106. The highest BCUT2D eigenvalue weighted by Crippen LogP contribution is 2.33. The lowest BCUT2D eigenvalue weighted by atomic mass is 9.99. The van der Waals surface area contributed by atoms with Gasteiger partial charge in [0.1, 0.15) is 15.6 Å². The number of aromatic nitrogens is 2. The van der Waals surface area contributed by atoms with Gasteiger partial charge in [-0.25, -0.2) is 4.98 Å². The van der Waals surface area contributed by atoms with Crippen LogP contribution < -0.4 is 10.2 Å². The summed E-state index contributed by atoms with van der Waals surface area (Å²) in [6, 6.07) is 6.23. The summed E-state index contributed by atoms with van der Waals surface area (Å²) in [7, 11) is 3.95. The first-order chi connectivity index (χ1) is 14.0. The highest BCUT2D eigenvalue weighted by atomic mass is 32.1. The molecule has 2 aromatic heterocycles. The van der Waals surface area contributed by atoms with Crippen LogP contribution in [-0.2, 0) is 0 Å². The minimum atomic E-state index is -0.106. The highest BCUT2D eigenvalue weighted by molar-refractivity contribution is 7.17. The molecule has 0 unspecified atom stereocenters. The van der Waals surface area contributed by atoms with E-state index in [1.165, 1.54) is 29.9 Å². The summed E-state index contributed by atoms with van der Waals surface area (Å²) >= 11 is 1.34. The van der Waals surface area contributed by atoms with Crippen molar-refractivity contribution in [2.45, 2.75) is 19.8 Å². The van der Waals surface area contributed by atoms with E-state index in [0.29, 0.717) is 22.1 Å². The van der Waals surface area contributed by atoms with Crippen molar-refractivity contribution >= 4 is 33.9 Å². The second-order valence-electron chi connectivity index (χ2n) is 7.97. The van der Waals surface area contributed by atoms with E-state index in [1.807, 2.05) is 25.1 Å². The zero-order valence-electron chi connectivity index (χ0n) is 17.1. The Kier molecular flexibility index (Phi) is 5.82. The lowest BCUT2D eigenvalue weighted by molar-refractivity contribution is 0.0955. The number of rotatable bonds is 6. The molecule has 0 spiro atoms. The summed E-state index contributed by atoms with van der Waals surface area (Å²) in [4.78, 5) is 21.7. The zero-order valence-corrected chi connectivity index (χ0v) is 18.0. The lowest BCUT2D eigenvalue weighted by Gasteiger charge is -2.32. The van der Waals surface area contributed by atoms with E-state index in [1.54, 1.807) is 6.20 Å². The van der Waals surface area contributed by atoms with E-state index in [2.05, 4.69) is 39.4 Å². The summed E-state index contributed by atoms with van der Waals surface area (Å²) in [5.74, 6) is 0.691. The fraction of sp³-hybridized carbons (Fsp3) is 0.476. The summed E-state index contributed by atoms with van der Waals surface area (Å²) in [6.07, 6.45) is 4.05. The molecule has 3 heterocycles. The summed E-state index contributed by atoms with van der Waals surface area (Å²) in [5, 5.41) is 8.77. The molecule has 1 saturated heterocycles. The second-order valence-corrected chi connectivity index (χ2v) is 9.00. The Hall–Kier alpha value is -2.45. The summed E-state index contributed by atoms with van der Waals surface area (Å²) in [6.45, 7) is 5.86. The molecule has 8 heteroatoms. The van der Waals surface area contributed by atoms with Crippen molar-refractivity contribution in [3.63, 3.8) is 0 Å². The number of piperidine rings is 1. The van der Waals surface area contributed by atoms with E-state index in [9.17, 15) is 4.79 Å². The van der Waals surface area contributed by atoms with Crippen molar-refractivity contribution in [3.8, 4) is 10.7 Å². The zero-order chi connectivity index (χ0) is 20.4. The number of anilines is 1. The molecule has 7 nitrogen and oxygen atoms in total. The molecule has 1 aliphatic rings. The van der Waals surface area contributed by atoms with Gasteiger partial charge < -0.3 is 19.6 Å². The van der Waals surface area contributed by atoms with Gasteiger partial charge in [-0.3, -0.25) is 4.79 Å². The topological polar surface area (TPSA) is 74.5 Å². The Morgan fingerprint density at radius 3 is 2.90 bits per heavy atom. The van der Waals surface area contributed by atoms with Gasteiger partial charge in [-0.1, -0.05) is 12.1 Å². The van der Waals surface area contributed by atoms with E-state index in [0.717, 1.165) is 36.5 Å². The number of likely N-dealkylation sites (N-methyl/N-ethyl adjacent to an activating group) is 1. The third-order valence-electron chi connectivity index (χ3n) is 5.38. The highest BCUT2D eigenvalue weighted by Gasteiger charge is 2.20. The quantitative estimate of drug-likeness (QED) is 0.667. The average molecular weight is 414 g/mol. The van der Waals surface area contributed by atoms with Gasteiger partial charge in [-0.15, -0.1) is 11.3 Å². The number of carbonyl (C=O) groups excluding carboxylic acids is 1. The van der Waals surface area contributed by atoms with Crippen LogP contribution in [0.3, 0.4) is 0 Å². The maximum atomic E-state index is 12.3. The number of hydrogen-bond donors (Lipinski definition) is 1. The number of fused-ring (bicyclic) bond motifs is 1. The van der Waals surface area contributed by atoms with Gasteiger partial charge in [0, 0.05) is 37.9 Å². The van der Waals surface area contributed by atoms with Crippen LogP contribution >= 0.6 is 11.3 Å². The van der Waals surface area contributed by atoms with E-state index in [4.69, 9.17) is 4.52 Å². The molecule has 3 aromatic rings. The molecule has 0 bridgehead atoms. The third kappa shape index (κ3) is 4.43. The molecule has 1 aromatic carbocycles. The van der Waals surface area contributed by atoms with Gasteiger partial charge in [0.25, 0.3) is 5.91 Å². The molecule has 154 valence electrons. The van der Waals surface area contributed by atoms with Crippen LogP contribution in [0, 0.1) is 5.92 Å². The van der Waals surface area contributed by atoms with Crippen LogP contribution in [0.25, 0.3) is 21.7 Å². The molecule has 0 radical (unpaired) electrons. The first-order valence-electron chi connectivity index (χ1n) is 10.0. The van der Waals surface area contributed by atoms with E-state index < -0.39 is 0 Å². The molecule has 4 rings (SSSR count). The van der Waals surface area contributed by atoms with Gasteiger partial charge in [0.05, 0.1) is 11.6 Å². The van der Waals surface area contributed by atoms with Crippen LogP contribution in [-0.4, -0.2) is 61.2 Å². The van der Waals surface area contributed by atoms with Crippen LogP contribution in [0.15, 0.2) is 28.9 Å². The minimum Gasteiger partial charge on any atom is -0.371 e. The van der Waals surface area contributed by atoms with Crippen LogP contribution in [0.5, 0.6) is 0 Å². The van der Waals surface area contributed by atoms with Gasteiger partial charge in [0.15, 0.2) is 5.58 Å². The molecule has 1 N–H and O–H groups in total. The monoisotopic (exact) mass is 413 g/mol. The maximum absolute atomic E-state index is 12.3. The first kappa shape index (κ1) is 19.8. The fourth-order valence-corrected chi connectivity index (χ4v) is 4.34. The Balaban J connectivity index is 1.50. The van der Waals surface area contributed by atoms with E-state index >= 15 is 0 Å². The Bertz CT molecular complexity index is 988. The lowest BCUT2D eigenvalue weighted by Crippen LogP contribution is -2.32. The number of hydrogen-bond acceptors (Lipinski definition) is 7. The van der Waals surface area contributed by atoms with Gasteiger partial charge in [-0.2, -0.15) is 0 Å². The Morgan fingerprint density at radius 1 is 1.34 bits per heavy atom. The summed E-state index contributed by atoms with van der Waals surface area (Å²) < 4.78 is 5.60. The smallest absolute Gasteiger partial charge is 0.263 e. The molecule has 1 amide bonds. The number of nitrogens with zero attached hydrogens (tertiary/aromatic N) is 4. The van der Waals surface area contributed by atoms with Crippen molar-refractivity contribution in [2.75, 3.05) is 45.2 Å². The predicted molar refractivity (Wildman–Crippen MR) is 117 cm³/mol. The van der Waals surface area contributed by atoms with Crippen molar-refractivity contribution in [1.82, 2.24) is 20.4 Å². The van der Waals surface area contributed by atoms with Crippen molar-refractivity contribution < 1.29 is 9.32 Å². The number of thiazole rings is 1. The Labute approximate surface area is 174 Å². The largest absolute Gasteiger partial charge is 0.371 e. The first-order valence-corrected chi connectivity index (χ1v) is 10.9. The van der Waals surface area contributed by atoms with Crippen LogP contribution in [0.2, 0.25) is 0 Å². The molecule has 0 aliphatic carbocycles. The van der Waals surface area contributed by atoms with E-state index in [-0.39, 0.29) is 5.91 Å². The van der Waals surface area contributed by atoms with Crippen molar-refractivity contribution in [3.05, 3.63) is 29.3 Å². The normalized spacial score (nSPS) is 15.4.